The van der Waals surface area contributed by atoms with E-state index in [0.717, 1.165) is 17.8 Å². The van der Waals surface area contributed by atoms with Crippen molar-refractivity contribution in [2.75, 3.05) is 6.54 Å². The van der Waals surface area contributed by atoms with Gasteiger partial charge in [-0.3, -0.25) is 0 Å². The minimum atomic E-state index is -0.431. The highest BCUT2D eigenvalue weighted by Gasteiger charge is 2.35. The van der Waals surface area contributed by atoms with Crippen molar-refractivity contribution in [3.63, 3.8) is 0 Å². The Balaban J connectivity index is 1.81. The van der Waals surface area contributed by atoms with Gasteiger partial charge in [0.25, 0.3) is 0 Å². The maximum absolute atomic E-state index is 11.9. The van der Waals surface area contributed by atoms with Crippen LogP contribution in [-0.4, -0.2) is 30.3 Å². The van der Waals surface area contributed by atoms with Crippen LogP contribution in [0.5, 0.6) is 0 Å². The quantitative estimate of drug-likeness (QED) is 0.814. The van der Waals surface area contributed by atoms with Crippen LogP contribution in [0.15, 0.2) is 0 Å². The topological polar surface area (TPSA) is 50.4 Å². The van der Waals surface area contributed by atoms with Crippen molar-refractivity contribution in [2.24, 2.45) is 17.8 Å². The summed E-state index contributed by atoms with van der Waals surface area (Å²) >= 11 is 0. The summed E-state index contributed by atoms with van der Waals surface area (Å²) in [6.45, 7) is 11.1. The summed E-state index contributed by atoms with van der Waals surface area (Å²) in [4.78, 5) is 11.9. The molecule has 4 heteroatoms. The molecule has 0 aliphatic heterocycles. The number of alkyl carbamates (subject to hydrolysis) is 1. The molecule has 22 heavy (non-hydrogen) atoms. The van der Waals surface area contributed by atoms with Gasteiger partial charge in [0.2, 0.25) is 0 Å². The number of amides is 1. The average Bonchev–Trinajstić information content (AvgIpc) is 3.21. The molecule has 0 spiro atoms. The molecule has 2 rings (SSSR count). The van der Waals surface area contributed by atoms with Crippen LogP contribution in [0.2, 0.25) is 0 Å². The molecule has 0 saturated heterocycles. The minimum Gasteiger partial charge on any atom is -0.444 e. The maximum Gasteiger partial charge on any atom is 0.407 e. The Kier molecular flexibility index (Phi) is 5.76. The number of rotatable bonds is 5. The van der Waals surface area contributed by atoms with Gasteiger partial charge in [-0.2, -0.15) is 0 Å². The van der Waals surface area contributed by atoms with Gasteiger partial charge >= 0.3 is 6.09 Å². The van der Waals surface area contributed by atoms with Crippen LogP contribution in [-0.2, 0) is 4.74 Å². The number of carbonyl (C=O) groups is 1. The van der Waals surface area contributed by atoms with E-state index in [1.165, 1.54) is 32.1 Å². The molecule has 2 fully saturated rings. The van der Waals surface area contributed by atoms with E-state index in [1.807, 2.05) is 20.8 Å². The molecule has 0 aromatic carbocycles. The van der Waals surface area contributed by atoms with E-state index in [-0.39, 0.29) is 6.09 Å². The van der Waals surface area contributed by atoms with Crippen LogP contribution >= 0.6 is 0 Å². The third-order valence-electron chi connectivity index (χ3n) is 5.19. The molecule has 2 aliphatic rings. The van der Waals surface area contributed by atoms with Gasteiger partial charge in [0.15, 0.2) is 0 Å². The highest BCUT2D eigenvalue weighted by molar-refractivity contribution is 5.67. The van der Waals surface area contributed by atoms with Crippen LogP contribution < -0.4 is 10.6 Å². The molecule has 4 atom stereocenters. The van der Waals surface area contributed by atoms with Gasteiger partial charge in [-0.05, 0) is 57.8 Å². The zero-order valence-electron chi connectivity index (χ0n) is 14.9. The lowest BCUT2D eigenvalue weighted by Crippen LogP contribution is -2.51. The fourth-order valence-electron chi connectivity index (χ4n) is 3.46. The average molecular weight is 310 g/mol. The Hall–Kier alpha value is -0.770. The molecule has 128 valence electrons. The predicted molar refractivity (Wildman–Crippen MR) is 89.9 cm³/mol. The molecule has 0 bridgehead atoms. The predicted octanol–water partition coefficient (Wildman–Crippen LogP) is 3.70. The van der Waals surface area contributed by atoms with Gasteiger partial charge in [0, 0.05) is 18.6 Å². The summed E-state index contributed by atoms with van der Waals surface area (Å²) < 4.78 is 5.34. The van der Waals surface area contributed by atoms with E-state index < -0.39 is 5.60 Å². The fraction of sp³-hybridized carbons (Fsp3) is 0.944. The minimum absolute atomic E-state index is 0.301. The molecule has 1 amide bonds. The van der Waals surface area contributed by atoms with Gasteiger partial charge in [-0.15, -0.1) is 0 Å². The lowest BCUT2D eigenvalue weighted by Gasteiger charge is -2.37. The van der Waals surface area contributed by atoms with Crippen LogP contribution in [0.25, 0.3) is 0 Å². The maximum atomic E-state index is 11.9. The van der Waals surface area contributed by atoms with Crippen LogP contribution in [0.1, 0.15) is 66.7 Å². The van der Waals surface area contributed by atoms with Crippen molar-refractivity contribution in [1.82, 2.24) is 10.6 Å². The van der Waals surface area contributed by atoms with Crippen LogP contribution in [0.3, 0.4) is 0 Å². The second-order valence-electron chi connectivity index (χ2n) is 8.37. The smallest absolute Gasteiger partial charge is 0.407 e. The number of hydrogen-bond donors (Lipinski definition) is 2. The Morgan fingerprint density at radius 1 is 1.18 bits per heavy atom. The molecule has 2 N–H and O–H groups in total. The molecular formula is C18H34N2O2. The van der Waals surface area contributed by atoms with Gasteiger partial charge in [0.1, 0.15) is 5.60 Å². The fourth-order valence-corrected chi connectivity index (χ4v) is 3.46. The summed E-state index contributed by atoms with van der Waals surface area (Å²) in [7, 11) is 0. The monoisotopic (exact) mass is 310 g/mol. The van der Waals surface area contributed by atoms with Gasteiger partial charge in [-0.25, -0.2) is 4.79 Å². The molecule has 2 aliphatic carbocycles. The summed E-state index contributed by atoms with van der Waals surface area (Å²) in [6, 6.07) is 0.986. The van der Waals surface area contributed by atoms with Crippen molar-refractivity contribution in [1.29, 1.82) is 0 Å². The highest BCUT2D eigenvalue weighted by atomic mass is 16.6. The van der Waals surface area contributed by atoms with Crippen molar-refractivity contribution < 1.29 is 9.53 Å². The lowest BCUT2D eigenvalue weighted by molar-refractivity contribution is 0.0517. The van der Waals surface area contributed by atoms with E-state index in [2.05, 4.69) is 24.5 Å². The van der Waals surface area contributed by atoms with E-state index in [1.54, 1.807) is 0 Å². The van der Waals surface area contributed by atoms with Crippen LogP contribution in [0, 0.1) is 17.8 Å². The Bertz CT molecular complexity index is 374. The van der Waals surface area contributed by atoms with Crippen molar-refractivity contribution >= 4 is 6.09 Å². The first-order chi connectivity index (χ1) is 10.3. The summed E-state index contributed by atoms with van der Waals surface area (Å²) in [5.41, 5.74) is -0.431. The molecule has 0 aromatic rings. The first-order valence-electron chi connectivity index (χ1n) is 8.99. The highest BCUT2D eigenvalue weighted by Crippen LogP contribution is 2.35. The second kappa shape index (κ2) is 7.20. The third kappa shape index (κ3) is 5.45. The Labute approximate surface area is 135 Å². The first kappa shape index (κ1) is 17.6. The molecule has 0 heterocycles. The van der Waals surface area contributed by atoms with Crippen molar-refractivity contribution in [3.8, 4) is 0 Å². The summed E-state index contributed by atoms with van der Waals surface area (Å²) in [5, 5.41) is 6.80. The van der Waals surface area contributed by atoms with Crippen molar-refractivity contribution in [3.05, 3.63) is 0 Å². The zero-order valence-corrected chi connectivity index (χ0v) is 14.9. The Morgan fingerprint density at radius 3 is 2.45 bits per heavy atom. The Morgan fingerprint density at radius 2 is 1.86 bits per heavy atom. The van der Waals surface area contributed by atoms with E-state index in [4.69, 9.17) is 4.74 Å². The molecular weight excluding hydrogens is 276 g/mol. The molecule has 0 radical (unpaired) electrons. The van der Waals surface area contributed by atoms with Gasteiger partial charge < -0.3 is 15.4 Å². The molecule has 4 unspecified atom stereocenters. The van der Waals surface area contributed by atoms with E-state index in [0.29, 0.717) is 18.6 Å². The third-order valence-corrected chi connectivity index (χ3v) is 5.19. The van der Waals surface area contributed by atoms with Crippen molar-refractivity contribution in [2.45, 2.75) is 84.4 Å². The SMILES string of the molecule is CC1CCCC(NC(CNC(=O)OC(C)(C)C)C2CC2)C1C. The molecule has 4 nitrogen and oxygen atoms in total. The number of nitrogens with one attached hydrogen (secondary N) is 2. The van der Waals surface area contributed by atoms with E-state index >= 15 is 0 Å². The van der Waals surface area contributed by atoms with Crippen LogP contribution in [0.4, 0.5) is 4.79 Å². The molecule has 2 saturated carbocycles. The standard InChI is InChI=1S/C18H34N2O2/c1-12-7-6-8-15(13(12)2)20-16(14-9-10-14)11-19-17(21)22-18(3,4)5/h12-16,20H,6-11H2,1-5H3,(H,19,21). The number of hydrogen-bond acceptors (Lipinski definition) is 3. The van der Waals surface area contributed by atoms with E-state index in [9.17, 15) is 4.79 Å². The van der Waals surface area contributed by atoms with Gasteiger partial charge in [-0.1, -0.05) is 26.7 Å². The molecule has 0 aromatic heterocycles. The zero-order chi connectivity index (χ0) is 16.3. The normalized spacial score (nSPS) is 30.7. The largest absolute Gasteiger partial charge is 0.444 e. The second-order valence-corrected chi connectivity index (χ2v) is 8.37. The lowest BCUT2D eigenvalue weighted by atomic mass is 9.77. The summed E-state index contributed by atoms with van der Waals surface area (Å²) in [5.74, 6) is 2.24. The number of ether oxygens (including phenoxy) is 1. The number of carbonyl (C=O) groups excluding carboxylic acids is 1. The summed E-state index contributed by atoms with van der Waals surface area (Å²) in [6.07, 6.45) is 6.20. The first-order valence-corrected chi connectivity index (χ1v) is 8.99. The van der Waals surface area contributed by atoms with Gasteiger partial charge in [0.05, 0.1) is 0 Å².